The topological polar surface area (TPSA) is 49.8 Å². The monoisotopic (exact) mass is 319 g/mol. The van der Waals surface area contributed by atoms with Crippen LogP contribution in [0, 0.1) is 0 Å². The highest BCUT2D eigenvalue weighted by Gasteiger charge is 1.95. The normalized spacial score (nSPS) is 10.6. The molecule has 1 aromatic rings. The molecule has 0 N–H and O–H groups in total. The number of nitrogens with zero attached hydrogens (tertiary/aromatic N) is 1. The Morgan fingerprint density at radius 3 is 2.28 bits per heavy atom. The number of aromatic nitrogens is 1. The van der Waals surface area contributed by atoms with Gasteiger partial charge in [-0.15, -0.1) is 0 Å². The summed E-state index contributed by atoms with van der Waals surface area (Å²) in [6.45, 7) is 3.33. The van der Waals surface area contributed by atoms with Crippen molar-refractivity contribution in [2.75, 3.05) is 46.8 Å². The van der Waals surface area contributed by atoms with Gasteiger partial charge in [-0.3, -0.25) is 0 Å². The fraction of sp³-hybridized carbons (Fsp3) is 0.583. The van der Waals surface area contributed by atoms with Crippen LogP contribution in [-0.4, -0.2) is 51.7 Å². The van der Waals surface area contributed by atoms with E-state index in [9.17, 15) is 0 Å². The molecule has 0 unspecified atom stereocenters. The molecule has 0 saturated carbocycles. The van der Waals surface area contributed by atoms with Gasteiger partial charge in [-0.05, 0) is 22.0 Å². The predicted molar refractivity (Wildman–Crippen MR) is 70.9 cm³/mol. The molecule has 0 spiro atoms. The van der Waals surface area contributed by atoms with E-state index in [2.05, 4.69) is 20.9 Å². The zero-order valence-electron chi connectivity index (χ0n) is 10.4. The Bertz CT molecular complexity index is 307. The number of halogens is 1. The van der Waals surface area contributed by atoms with E-state index in [1.165, 1.54) is 0 Å². The summed E-state index contributed by atoms with van der Waals surface area (Å²) in [6.07, 6.45) is 1.69. The predicted octanol–water partition coefficient (Wildman–Crippen LogP) is 1.90. The number of ether oxygens (including phenoxy) is 4. The quantitative estimate of drug-likeness (QED) is 0.616. The average molecular weight is 320 g/mol. The summed E-state index contributed by atoms with van der Waals surface area (Å²) in [4.78, 5) is 4.08. The first-order valence-electron chi connectivity index (χ1n) is 5.71. The van der Waals surface area contributed by atoms with Gasteiger partial charge in [-0.2, -0.15) is 0 Å². The van der Waals surface area contributed by atoms with Gasteiger partial charge in [0.1, 0.15) is 6.61 Å². The molecule has 6 heteroatoms. The molecular weight excluding hydrogens is 302 g/mol. The maximum Gasteiger partial charge on any atom is 0.213 e. The van der Waals surface area contributed by atoms with Crippen molar-refractivity contribution in [2.24, 2.45) is 0 Å². The van der Waals surface area contributed by atoms with E-state index >= 15 is 0 Å². The number of methoxy groups -OCH3 is 1. The van der Waals surface area contributed by atoms with Crippen molar-refractivity contribution < 1.29 is 18.9 Å². The Labute approximate surface area is 116 Å². The van der Waals surface area contributed by atoms with Crippen LogP contribution in [-0.2, 0) is 14.2 Å². The standard InChI is InChI=1S/C12H18BrNO4/c1-15-4-5-16-6-7-17-8-9-18-12-3-2-11(13)10-14-12/h2-3,10H,4-9H2,1H3. The Morgan fingerprint density at radius 2 is 1.67 bits per heavy atom. The first-order chi connectivity index (χ1) is 8.83. The van der Waals surface area contributed by atoms with E-state index in [1.807, 2.05) is 6.07 Å². The molecule has 1 aromatic heterocycles. The molecular formula is C12H18BrNO4. The molecule has 18 heavy (non-hydrogen) atoms. The summed E-state index contributed by atoms with van der Waals surface area (Å²) in [7, 11) is 1.65. The van der Waals surface area contributed by atoms with Crippen molar-refractivity contribution in [3.05, 3.63) is 22.8 Å². The molecule has 0 aromatic carbocycles. The van der Waals surface area contributed by atoms with Gasteiger partial charge in [0.15, 0.2) is 0 Å². The number of pyridine rings is 1. The van der Waals surface area contributed by atoms with Crippen LogP contribution >= 0.6 is 15.9 Å². The van der Waals surface area contributed by atoms with Crippen molar-refractivity contribution in [2.45, 2.75) is 0 Å². The highest BCUT2D eigenvalue weighted by atomic mass is 79.9. The lowest BCUT2D eigenvalue weighted by atomic mass is 10.5. The molecule has 1 rings (SSSR count). The van der Waals surface area contributed by atoms with Gasteiger partial charge in [0.2, 0.25) is 5.88 Å². The number of hydrogen-bond donors (Lipinski definition) is 0. The number of hydrogen-bond acceptors (Lipinski definition) is 5. The maximum atomic E-state index is 5.39. The lowest BCUT2D eigenvalue weighted by Crippen LogP contribution is -2.12. The SMILES string of the molecule is COCCOCCOCCOc1ccc(Br)cn1. The first kappa shape index (κ1) is 15.4. The van der Waals surface area contributed by atoms with Gasteiger partial charge < -0.3 is 18.9 Å². The summed E-state index contributed by atoms with van der Waals surface area (Å²) in [5.74, 6) is 0.596. The second-order valence-electron chi connectivity index (χ2n) is 3.38. The lowest BCUT2D eigenvalue weighted by molar-refractivity contribution is 0.0176. The molecule has 0 aliphatic carbocycles. The Hall–Kier alpha value is -0.690. The molecule has 0 saturated heterocycles. The van der Waals surface area contributed by atoms with Gasteiger partial charge >= 0.3 is 0 Å². The Kier molecular flexibility index (Phi) is 8.75. The minimum atomic E-state index is 0.479. The Morgan fingerprint density at radius 1 is 1.00 bits per heavy atom. The van der Waals surface area contributed by atoms with Crippen molar-refractivity contribution in [1.82, 2.24) is 4.98 Å². The first-order valence-corrected chi connectivity index (χ1v) is 6.51. The van der Waals surface area contributed by atoms with Crippen molar-refractivity contribution >= 4 is 15.9 Å². The molecule has 0 amide bonds. The van der Waals surface area contributed by atoms with Gasteiger partial charge in [0.25, 0.3) is 0 Å². The van der Waals surface area contributed by atoms with E-state index in [4.69, 9.17) is 18.9 Å². The summed E-state index contributed by atoms with van der Waals surface area (Å²) >= 11 is 3.31. The molecule has 0 bridgehead atoms. The van der Waals surface area contributed by atoms with Gasteiger partial charge in [-0.1, -0.05) is 0 Å². The van der Waals surface area contributed by atoms with Gasteiger partial charge in [-0.25, -0.2) is 4.98 Å². The molecule has 102 valence electrons. The van der Waals surface area contributed by atoms with E-state index in [0.717, 1.165) is 4.47 Å². The fourth-order valence-corrected chi connectivity index (χ4v) is 1.35. The van der Waals surface area contributed by atoms with E-state index < -0.39 is 0 Å². The minimum Gasteiger partial charge on any atom is -0.475 e. The summed E-state index contributed by atoms with van der Waals surface area (Å²) in [5.41, 5.74) is 0. The fourth-order valence-electron chi connectivity index (χ4n) is 1.12. The van der Waals surface area contributed by atoms with E-state index in [1.54, 1.807) is 19.4 Å². The summed E-state index contributed by atoms with van der Waals surface area (Å²) in [6, 6.07) is 3.69. The molecule has 0 fully saturated rings. The average Bonchev–Trinajstić information content (AvgIpc) is 2.39. The summed E-state index contributed by atoms with van der Waals surface area (Å²) in [5, 5.41) is 0. The van der Waals surface area contributed by atoms with Gasteiger partial charge in [0.05, 0.1) is 33.0 Å². The van der Waals surface area contributed by atoms with Crippen molar-refractivity contribution in [1.29, 1.82) is 0 Å². The van der Waals surface area contributed by atoms with Crippen LogP contribution in [0.4, 0.5) is 0 Å². The highest BCUT2D eigenvalue weighted by molar-refractivity contribution is 9.10. The molecule has 0 aliphatic heterocycles. The second-order valence-corrected chi connectivity index (χ2v) is 4.30. The van der Waals surface area contributed by atoms with E-state index in [0.29, 0.717) is 45.5 Å². The molecule has 0 aliphatic rings. The number of rotatable bonds is 10. The van der Waals surface area contributed by atoms with Crippen LogP contribution in [0.15, 0.2) is 22.8 Å². The van der Waals surface area contributed by atoms with Crippen LogP contribution in [0.3, 0.4) is 0 Å². The van der Waals surface area contributed by atoms with Crippen LogP contribution < -0.4 is 4.74 Å². The zero-order chi connectivity index (χ0) is 13.1. The summed E-state index contributed by atoms with van der Waals surface area (Å²) < 4.78 is 21.7. The molecule has 5 nitrogen and oxygen atoms in total. The van der Waals surface area contributed by atoms with Crippen molar-refractivity contribution in [3.63, 3.8) is 0 Å². The second kappa shape index (κ2) is 10.3. The minimum absolute atomic E-state index is 0.479. The third-order valence-electron chi connectivity index (χ3n) is 1.98. The van der Waals surface area contributed by atoms with Gasteiger partial charge in [0, 0.05) is 23.8 Å². The van der Waals surface area contributed by atoms with Crippen LogP contribution in [0.1, 0.15) is 0 Å². The smallest absolute Gasteiger partial charge is 0.213 e. The molecule has 0 atom stereocenters. The molecule has 0 radical (unpaired) electrons. The maximum absolute atomic E-state index is 5.39. The van der Waals surface area contributed by atoms with Crippen LogP contribution in [0.2, 0.25) is 0 Å². The molecule has 1 heterocycles. The lowest BCUT2D eigenvalue weighted by Gasteiger charge is -2.07. The third kappa shape index (κ3) is 7.60. The zero-order valence-corrected chi connectivity index (χ0v) is 12.0. The third-order valence-corrected chi connectivity index (χ3v) is 2.45. The van der Waals surface area contributed by atoms with Crippen LogP contribution in [0.25, 0.3) is 0 Å². The Balaban J connectivity index is 1.91. The highest BCUT2D eigenvalue weighted by Crippen LogP contribution is 2.11. The van der Waals surface area contributed by atoms with E-state index in [-0.39, 0.29) is 0 Å². The van der Waals surface area contributed by atoms with Crippen molar-refractivity contribution in [3.8, 4) is 5.88 Å². The largest absolute Gasteiger partial charge is 0.475 e. The van der Waals surface area contributed by atoms with Crippen LogP contribution in [0.5, 0.6) is 5.88 Å².